The fourth-order valence-electron chi connectivity index (χ4n) is 2.01. The minimum Gasteiger partial charge on any atom is -0.496 e. The van der Waals surface area contributed by atoms with Crippen LogP contribution >= 0.6 is 0 Å². The Labute approximate surface area is 118 Å². The maximum atomic E-state index is 12.4. The Balaban J connectivity index is 2.30. The molecular weight excluding hydrogens is 252 g/mol. The van der Waals surface area contributed by atoms with Crippen molar-refractivity contribution >= 4 is 11.6 Å². The van der Waals surface area contributed by atoms with E-state index < -0.39 is 0 Å². The van der Waals surface area contributed by atoms with Crippen molar-refractivity contribution in [1.82, 2.24) is 0 Å². The summed E-state index contributed by atoms with van der Waals surface area (Å²) in [6, 6.07) is 13.0. The third-order valence-corrected chi connectivity index (χ3v) is 3.09. The van der Waals surface area contributed by atoms with Gasteiger partial charge in [0, 0.05) is 12.2 Å². The molecule has 2 aromatic rings. The molecule has 0 aromatic heterocycles. The molecule has 0 atom stereocenters. The van der Waals surface area contributed by atoms with Crippen molar-refractivity contribution in [2.24, 2.45) is 5.73 Å². The number of nitrogens with one attached hydrogen (secondary N) is 1. The third kappa shape index (κ3) is 2.97. The number of amides is 1. The van der Waals surface area contributed by atoms with Crippen molar-refractivity contribution in [3.05, 3.63) is 59.2 Å². The van der Waals surface area contributed by atoms with Crippen molar-refractivity contribution in [2.75, 3.05) is 12.4 Å². The zero-order chi connectivity index (χ0) is 14.5. The highest BCUT2D eigenvalue weighted by Crippen LogP contribution is 2.22. The number of methoxy groups -OCH3 is 1. The first kappa shape index (κ1) is 14.1. The second-order valence-corrected chi connectivity index (χ2v) is 4.52. The van der Waals surface area contributed by atoms with Crippen LogP contribution in [-0.2, 0) is 6.54 Å². The van der Waals surface area contributed by atoms with Gasteiger partial charge in [-0.1, -0.05) is 29.8 Å². The lowest BCUT2D eigenvalue weighted by molar-refractivity contribution is 0.102. The Morgan fingerprint density at radius 1 is 1.25 bits per heavy atom. The zero-order valence-electron chi connectivity index (χ0n) is 11.6. The van der Waals surface area contributed by atoms with Gasteiger partial charge >= 0.3 is 0 Å². The molecule has 4 nitrogen and oxygen atoms in total. The van der Waals surface area contributed by atoms with Gasteiger partial charge in [0.2, 0.25) is 0 Å². The van der Waals surface area contributed by atoms with Gasteiger partial charge in [0.15, 0.2) is 0 Å². The Morgan fingerprint density at radius 3 is 2.70 bits per heavy atom. The minimum absolute atomic E-state index is 0.202. The summed E-state index contributed by atoms with van der Waals surface area (Å²) in [5.41, 5.74) is 8.81. The normalized spacial score (nSPS) is 10.2. The summed E-state index contributed by atoms with van der Waals surface area (Å²) in [5.74, 6) is 0.352. The Bertz CT molecular complexity index is 624. The number of aryl methyl sites for hydroxylation is 1. The summed E-state index contributed by atoms with van der Waals surface area (Å²) in [7, 11) is 1.55. The maximum absolute atomic E-state index is 12.4. The predicted octanol–water partition coefficient (Wildman–Crippen LogP) is 2.71. The molecule has 0 saturated heterocycles. The van der Waals surface area contributed by atoms with E-state index in [-0.39, 0.29) is 5.91 Å². The number of para-hydroxylation sites is 1. The van der Waals surface area contributed by atoms with Crippen molar-refractivity contribution in [1.29, 1.82) is 0 Å². The van der Waals surface area contributed by atoms with E-state index in [1.807, 2.05) is 37.3 Å². The average molecular weight is 270 g/mol. The van der Waals surface area contributed by atoms with Crippen LogP contribution in [-0.4, -0.2) is 13.0 Å². The number of hydrogen-bond acceptors (Lipinski definition) is 3. The molecule has 104 valence electrons. The van der Waals surface area contributed by atoms with Crippen LogP contribution in [0.2, 0.25) is 0 Å². The highest BCUT2D eigenvalue weighted by atomic mass is 16.5. The number of rotatable bonds is 4. The largest absolute Gasteiger partial charge is 0.496 e. The van der Waals surface area contributed by atoms with Crippen LogP contribution in [0, 0.1) is 6.92 Å². The summed E-state index contributed by atoms with van der Waals surface area (Å²) >= 11 is 0. The van der Waals surface area contributed by atoms with Gasteiger partial charge in [-0.2, -0.15) is 0 Å². The number of benzene rings is 2. The minimum atomic E-state index is -0.202. The van der Waals surface area contributed by atoms with Crippen molar-refractivity contribution in [3.8, 4) is 5.75 Å². The van der Waals surface area contributed by atoms with Gasteiger partial charge in [0.1, 0.15) is 5.75 Å². The number of carbonyl (C=O) groups excluding carboxylic acids is 1. The number of ether oxygens (including phenoxy) is 1. The molecule has 0 aliphatic rings. The molecule has 20 heavy (non-hydrogen) atoms. The molecule has 0 bridgehead atoms. The number of anilines is 1. The van der Waals surface area contributed by atoms with Gasteiger partial charge in [-0.15, -0.1) is 0 Å². The fourth-order valence-corrected chi connectivity index (χ4v) is 2.01. The summed E-state index contributed by atoms with van der Waals surface area (Å²) in [4.78, 5) is 12.4. The second kappa shape index (κ2) is 6.21. The topological polar surface area (TPSA) is 64.3 Å². The third-order valence-electron chi connectivity index (χ3n) is 3.09. The monoisotopic (exact) mass is 270 g/mol. The molecular formula is C16H18N2O2. The molecule has 0 saturated carbocycles. The Kier molecular flexibility index (Phi) is 4.38. The summed E-state index contributed by atoms with van der Waals surface area (Å²) in [5, 5.41) is 2.88. The number of carbonyl (C=O) groups is 1. The highest BCUT2D eigenvalue weighted by molar-refractivity contribution is 6.06. The first-order valence-corrected chi connectivity index (χ1v) is 6.39. The van der Waals surface area contributed by atoms with Crippen LogP contribution < -0.4 is 15.8 Å². The lowest BCUT2D eigenvalue weighted by Crippen LogP contribution is -2.15. The molecule has 0 radical (unpaired) electrons. The van der Waals surface area contributed by atoms with E-state index in [0.717, 1.165) is 16.8 Å². The molecule has 2 rings (SSSR count). The van der Waals surface area contributed by atoms with Crippen LogP contribution in [0.5, 0.6) is 5.75 Å². The lowest BCUT2D eigenvalue weighted by Gasteiger charge is -2.12. The molecule has 3 N–H and O–H groups in total. The van der Waals surface area contributed by atoms with Crippen LogP contribution in [0.1, 0.15) is 21.5 Å². The second-order valence-electron chi connectivity index (χ2n) is 4.52. The van der Waals surface area contributed by atoms with E-state index >= 15 is 0 Å². The quantitative estimate of drug-likeness (QED) is 0.897. The van der Waals surface area contributed by atoms with Crippen molar-refractivity contribution < 1.29 is 9.53 Å². The van der Waals surface area contributed by atoms with Crippen molar-refractivity contribution in [2.45, 2.75) is 13.5 Å². The van der Waals surface area contributed by atoms with Gasteiger partial charge in [-0.25, -0.2) is 0 Å². The van der Waals surface area contributed by atoms with E-state index in [9.17, 15) is 4.79 Å². The molecule has 4 heteroatoms. The van der Waals surface area contributed by atoms with Crippen LogP contribution in [0.25, 0.3) is 0 Å². The van der Waals surface area contributed by atoms with E-state index in [1.54, 1.807) is 19.2 Å². The van der Waals surface area contributed by atoms with Crippen molar-refractivity contribution in [3.63, 3.8) is 0 Å². The number of nitrogens with two attached hydrogens (primary N) is 1. The smallest absolute Gasteiger partial charge is 0.259 e. The molecule has 0 unspecified atom stereocenters. The predicted molar refractivity (Wildman–Crippen MR) is 80.0 cm³/mol. The summed E-state index contributed by atoms with van der Waals surface area (Å²) in [6.45, 7) is 2.31. The standard InChI is InChI=1S/C16H18N2O2/c1-11-7-8-15(20-2)13(9-11)16(19)18-14-6-4-3-5-12(14)10-17/h3-9H,10,17H2,1-2H3,(H,18,19). The fraction of sp³-hybridized carbons (Fsp3) is 0.188. The van der Waals surface area contributed by atoms with Gasteiger partial charge in [0.25, 0.3) is 5.91 Å². The molecule has 1 amide bonds. The van der Waals surface area contributed by atoms with E-state index in [1.165, 1.54) is 0 Å². The zero-order valence-corrected chi connectivity index (χ0v) is 11.6. The average Bonchev–Trinajstić information content (AvgIpc) is 2.47. The summed E-state index contributed by atoms with van der Waals surface area (Å²) in [6.07, 6.45) is 0. The summed E-state index contributed by atoms with van der Waals surface area (Å²) < 4.78 is 5.23. The van der Waals surface area contributed by atoms with E-state index in [0.29, 0.717) is 17.9 Å². The van der Waals surface area contributed by atoms with E-state index in [2.05, 4.69) is 5.32 Å². The number of hydrogen-bond donors (Lipinski definition) is 2. The molecule has 2 aromatic carbocycles. The highest BCUT2D eigenvalue weighted by Gasteiger charge is 2.13. The van der Waals surface area contributed by atoms with E-state index in [4.69, 9.17) is 10.5 Å². The van der Waals surface area contributed by atoms with Crippen LogP contribution in [0.3, 0.4) is 0 Å². The van der Waals surface area contributed by atoms with Gasteiger partial charge < -0.3 is 15.8 Å². The Hall–Kier alpha value is -2.33. The van der Waals surface area contributed by atoms with Gasteiger partial charge in [-0.05, 0) is 30.7 Å². The first-order chi connectivity index (χ1) is 9.65. The molecule has 0 spiro atoms. The molecule has 0 aliphatic heterocycles. The van der Waals surface area contributed by atoms with Gasteiger partial charge in [0.05, 0.1) is 12.7 Å². The van der Waals surface area contributed by atoms with Crippen LogP contribution in [0.4, 0.5) is 5.69 Å². The first-order valence-electron chi connectivity index (χ1n) is 6.39. The Morgan fingerprint density at radius 2 is 2.00 bits per heavy atom. The maximum Gasteiger partial charge on any atom is 0.259 e. The lowest BCUT2D eigenvalue weighted by atomic mass is 10.1. The SMILES string of the molecule is COc1ccc(C)cc1C(=O)Nc1ccccc1CN. The molecule has 0 aliphatic carbocycles. The molecule has 0 fully saturated rings. The van der Waals surface area contributed by atoms with Gasteiger partial charge in [-0.3, -0.25) is 4.79 Å². The molecule has 0 heterocycles. The van der Waals surface area contributed by atoms with Crippen LogP contribution in [0.15, 0.2) is 42.5 Å².